The van der Waals surface area contributed by atoms with E-state index in [2.05, 4.69) is 5.32 Å². The number of hydrogen-bond acceptors (Lipinski definition) is 3. The number of nitrogens with one attached hydrogen (secondary N) is 1. The minimum absolute atomic E-state index is 0.00462. The lowest BCUT2D eigenvalue weighted by Gasteiger charge is -2.24. The Morgan fingerprint density at radius 3 is 2.20 bits per heavy atom. The fourth-order valence-corrected chi connectivity index (χ4v) is 3.16. The van der Waals surface area contributed by atoms with Gasteiger partial charge in [0.05, 0.1) is 4.90 Å². The number of sulfonamides is 1. The average molecular weight is 360 g/mol. The van der Waals surface area contributed by atoms with Gasteiger partial charge in [0.1, 0.15) is 0 Å². The first-order valence-corrected chi connectivity index (χ1v) is 9.67. The summed E-state index contributed by atoms with van der Waals surface area (Å²) in [5.74, 6) is -0.00462. The summed E-state index contributed by atoms with van der Waals surface area (Å²) in [6.45, 7) is 4.60. The molecule has 0 heterocycles. The van der Waals surface area contributed by atoms with Gasteiger partial charge in [-0.3, -0.25) is 4.79 Å². The first-order valence-electron chi connectivity index (χ1n) is 8.12. The molecule has 0 aliphatic rings. The third-order valence-electron chi connectivity index (χ3n) is 4.15. The van der Waals surface area contributed by atoms with Gasteiger partial charge in [-0.2, -0.15) is 0 Å². The maximum Gasteiger partial charge on any atom is 0.238 e. The summed E-state index contributed by atoms with van der Waals surface area (Å²) in [7, 11) is -3.67. The summed E-state index contributed by atoms with van der Waals surface area (Å²) in [5.41, 5.74) is 1.83. The van der Waals surface area contributed by atoms with Crippen molar-refractivity contribution in [3.05, 3.63) is 65.7 Å². The predicted molar refractivity (Wildman–Crippen MR) is 98.6 cm³/mol. The molecule has 2 rings (SSSR count). The third-order valence-corrected chi connectivity index (χ3v) is 5.07. The van der Waals surface area contributed by atoms with Crippen LogP contribution in [0.2, 0.25) is 0 Å². The Bertz CT molecular complexity index is 814. The maximum absolute atomic E-state index is 12.2. The highest BCUT2D eigenvalue weighted by Crippen LogP contribution is 2.26. The minimum Gasteiger partial charge on any atom is -0.356 e. The molecule has 3 N–H and O–H groups in total. The first-order chi connectivity index (χ1) is 11.7. The van der Waals surface area contributed by atoms with Gasteiger partial charge < -0.3 is 5.32 Å². The molecule has 0 unspecified atom stereocenters. The van der Waals surface area contributed by atoms with Gasteiger partial charge >= 0.3 is 0 Å². The van der Waals surface area contributed by atoms with Crippen LogP contribution in [0.3, 0.4) is 0 Å². The van der Waals surface area contributed by atoms with Crippen LogP contribution in [0.15, 0.2) is 59.5 Å². The lowest BCUT2D eigenvalue weighted by molar-refractivity contribution is -0.122. The number of benzene rings is 2. The molecule has 5 nitrogen and oxygen atoms in total. The molecule has 2 aromatic carbocycles. The molecular weight excluding hydrogens is 336 g/mol. The molecule has 0 radical (unpaired) electrons. The quantitative estimate of drug-likeness (QED) is 0.794. The first kappa shape index (κ1) is 19.1. The Morgan fingerprint density at radius 2 is 1.64 bits per heavy atom. The van der Waals surface area contributed by atoms with Crippen LogP contribution in [0.1, 0.15) is 31.4 Å². The monoisotopic (exact) mass is 360 g/mol. The summed E-state index contributed by atoms with van der Waals surface area (Å²) < 4.78 is 22.4. The van der Waals surface area contributed by atoms with Crippen molar-refractivity contribution in [2.45, 2.75) is 37.0 Å². The summed E-state index contributed by atoms with van der Waals surface area (Å²) >= 11 is 0. The normalized spacial score (nSPS) is 12.0. The topological polar surface area (TPSA) is 89.3 Å². The molecule has 25 heavy (non-hydrogen) atoms. The number of rotatable bonds is 7. The largest absolute Gasteiger partial charge is 0.356 e. The van der Waals surface area contributed by atoms with Gasteiger partial charge in [0, 0.05) is 13.0 Å². The van der Waals surface area contributed by atoms with Gasteiger partial charge in [-0.15, -0.1) is 0 Å². The Balaban J connectivity index is 1.84. The number of primary sulfonamides is 1. The van der Waals surface area contributed by atoms with Gasteiger partial charge in [0.25, 0.3) is 0 Å². The zero-order chi connectivity index (χ0) is 18.5. The second-order valence-corrected chi connectivity index (χ2v) is 8.28. The van der Waals surface area contributed by atoms with Crippen LogP contribution < -0.4 is 10.5 Å². The smallest absolute Gasteiger partial charge is 0.238 e. The fraction of sp³-hybridized carbons (Fsp3) is 0.316. The van der Waals surface area contributed by atoms with Crippen molar-refractivity contribution in [3.8, 4) is 0 Å². The van der Waals surface area contributed by atoms with Crippen molar-refractivity contribution in [1.82, 2.24) is 5.32 Å². The summed E-state index contributed by atoms with van der Waals surface area (Å²) in [4.78, 5) is 12.3. The molecule has 0 saturated carbocycles. The van der Waals surface area contributed by atoms with Crippen LogP contribution in [0.25, 0.3) is 0 Å². The van der Waals surface area contributed by atoms with E-state index >= 15 is 0 Å². The van der Waals surface area contributed by atoms with E-state index in [0.29, 0.717) is 19.4 Å². The summed E-state index contributed by atoms with van der Waals surface area (Å²) in [6.07, 6.45) is 1.03. The van der Waals surface area contributed by atoms with Crippen molar-refractivity contribution in [2.24, 2.45) is 5.14 Å². The standard InChI is InChI=1S/C19H24N2O3S/c1-19(2,16-6-4-3-5-7-16)14-18(22)21-13-12-15-8-10-17(11-9-15)25(20,23)24/h3-11H,12-14H2,1-2H3,(H,21,22)(H2,20,23,24). The van der Waals surface area contributed by atoms with Crippen LogP contribution in [0.4, 0.5) is 0 Å². The van der Waals surface area contributed by atoms with Gasteiger partial charge in [-0.1, -0.05) is 56.3 Å². The minimum atomic E-state index is -3.67. The van der Waals surface area contributed by atoms with E-state index in [1.54, 1.807) is 12.1 Å². The molecule has 0 aliphatic heterocycles. The highest BCUT2D eigenvalue weighted by atomic mass is 32.2. The van der Waals surface area contributed by atoms with E-state index in [9.17, 15) is 13.2 Å². The average Bonchev–Trinajstić information content (AvgIpc) is 2.55. The number of hydrogen-bond donors (Lipinski definition) is 2. The third kappa shape index (κ3) is 5.69. The van der Waals surface area contributed by atoms with Gasteiger partial charge in [-0.25, -0.2) is 13.6 Å². The molecule has 0 bridgehead atoms. The van der Waals surface area contributed by atoms with Gasteiger partial charge in [-0.05, 0) is 35.1 Å². The van der Waals surface area contributed by atoms with Crippen molar-refractivity contribution in [3.63, 3.8) is 0 Å². The second kappa shape index (κ2) is 7.80. The Kier molecular flexibility index (Phi) is 5.98. The van der Waals surface area contributed by atoms with Crippen LogP contribution in [-0.2, 0) is 26.7 Å². The second-order valence-electron chi connectivity index (χ2n) is 6.72. The molecule has 6 heteroatoms. The zero-order valence-electron chi connectivity index (χ0n) is 14.5. The van der Waals surface area contributed by atoms with E-state index in [1.165, 1.54) is 12.1 Å². The maximum atomic E-state index is 12.2. The molecule has 2 aromatic rings. The van der Waals surface area contributed by atoms with Crippen molar-refractivity contribution < 1.29 is 13.2 Å². The Morgan fingerprint density at radius 1 is 1.04 bits per heavy atom. The van der Waals surface area contributed by atoms with Crippen LogP contribution in [-0.4, -0.2) is 20.9 Å². The van der Waals surface area contributed by atoms with E-state index in [1.807, 2.05) is 44.2 Å². The Labute approximate surface area is 149 Å². The molecular formula is C19H24N2O3S. The van der Waals surface area contributed by atoms with Crippen molar-refractivity contribution in [2.75, 3.05) is 6.54 Å². The van der Waals surface area contributed by atoms with E-state index < -0.39 is 10.0 Å². The molecule has 0 spiro atoms. The summed E-state index contributed by atoms with van der Waals surface area (Å²) in [6, 6.07) is 16.3. The van der Waals surface area contributed by atoms with Gasteiger partial charge in [0.15, 0.2) is 0 Å². The van der Waals surface area contributed by atoms with Crippen molar-refractivity contribution in [1.29, 1.82) is 0 Å². The highest BCUT2D eigenvalue weighted by Gasteiger charge is 2.23. The zero-order valence-corrected chi connectivity index (χ0v) is 15.3. The lowest BCUT2D eigenvalue weighted by Crippen LogP contribution is -2.32. The SMILES string of the molecule is CC(C)(CC(=O)NCCc1ccc(S(N)(=O)=O)cc1)c1ccccc1. The number of nitrogens with two attached hydrogens (primary N) is 1. The molecule has 134 valence electrons. The number of carbonyl (C=O) groups is 1. The Hall–Kier alpha value is -2.18. The molecule has 0 atom stereocenters. The molecule has 0 saturated heterocycles. The molecule has 0 fully saturated rings. The van der Waals surface area contributed by atoms with E-state index in [-0.39, 0.29) is 16.2 Å². The van der Waals surface area contributed by atoms with Gasteiger partial charge in [0.2, 0.25) is 15.9 Å². The highest BCUT2D eigenvalue weighted by molar-refractivity contribution is 7.89. The predicted octanol–water partition coefficient (Wildman–Crippen LogP) is 2.36. The van der Waals surface area contributed by atoms with E-state index in [0.717, 1.165) is 11.1 Å². The molecule has 0 aliphatic carbocycles. The number of amides is 1. The van der Waals surface area contributed by atoms with Crippen molar-refractivity contribution >= 4 is 15.9 Å². The van der Waals surface area contributed by atoms with E-state index in [4.69, 9.17) is 5.14 Å². The lowest BCUT2D eigenvalue weighted by atomic mass is 9.81. The van der Waals surface area contributed by atoms with Crippen LogP contribution in [0, 0.1) is 0 Å². The number of carbonyl (C=O) groups excluding carboxylic acids is 1. The molecule has 0 aromatic heterocycles. The fourth-order valence-electron chi connectivity index (χ4n) is 2.65. The molecule has 1 amide bonds. The van der Waals surface area contributed by atoms with Crippen LogP contribution >= 0.6 is 0 Å². The summed E-state index contributed by atoms with van der Waals surface area (Å²) in [5, 5.41) is 7.99. The van der Waals surface area contributed by atoms with Crippen LogP contribution in [0.5, 0.6) is 0 Å².